The fourth-order valence-electron chi connectivity index (χ4n) is 3.58. The summed E-state index contributed by atoms with van der Waals surface area (Å²) in [5.74, 6) is -1.93. The first kappa shape index (κ1) is 21.3. The maximum atomic E-state index is 12.3. The van der Waals surface area contributed by atoms with Crippen LogP contribution in [0.1, 0.15) is 36.8 Å². The first-order valence-corrected chi connectivity index (χ1v) is 9.76. The molecule has 30 heavy (non-hydrogen) atoms. The fraction of sp³-hybridized carbons (Fsp3) is 0.318. The molecule has 0 radical (unpaired) electrons. The van der Waals surface area contributed by atoms with E-state index in [4.69, 9.17) is 9.84 Å². The first-order chi connectivity index (χ1) is 14.5. The number of carboxylic acid groups (broad SMARTS) is 1. The fourth-order valence-corrected chi connectivity index (χ4v) is 3.58. The van der Waals surface area contributed by atoms with Gasteiger partial charge in [0.15, 0.2) is 6.61 Å². The predicted molar refractivity (Wildman–Crippen MR) is 109 cm³/mol. The molecule has 8 nitrogen and oxygen atoms in total. The quantitative estimate of drug-likeness (QED) is 0.546. The molecule has 0 aliphatic heterocycles. The molecule has 0 saturated carbocycles. The second kappa shape index (κ2) is 9.89. The average Bonchev–Trinajstić information content (AvgIpc) is 3.05. The van der Waals surface area contributed by atoms with Crippen LogP contribution in [-0.2, 0) is 19.2 Å². The predicted octanol–water partition coefficient (Wildman–Crippen LogP) is 2.83. The summed E-state index contributed by atoms with van der Waals surface area (Å²) in [6.45, 7) is 1.32. The molecule has 1 unspecified atom stereocenters. The molecule has 1 atom stereocenters. The maximum absolute atomic E-state index is 12.3. The number of nitrogens with one attached hydrogen (secondary N) is 2. The van der Waals surface area contributed by atoms with E-state index in [9.17, 15) is 14.4 Å². The second-order valence-corrected chi connectivity index (χ2v) is 6.96. The lowest BCUT2D eigenvalue weighted by atomic mass is 9.98. The summed E-state index contributed by atoms with van der Waals surface area (Å²) in [6.07, 6.45) is 0.260. The van der Waals surface area contributed by atoms with E-state index in [0.29, 0.717) is 12.8 Å². The molecule has 0 bridgehead atoms. The van der Waals surface area contributed by atoms with Crippen LogP contribution in [0.4, 0.5) is 4.79 Å². The Hall–Kier alpha value is -3.39. The number of rotatable bonds is 9. The van der Waals surface area contributed by atoms with E-state index < -0.39 is 30.6 Å². The van der Waals surface area contributed by atoms with Crippen molar-refractivity contribution in [1.29, 1.82) is 0 Å². The number of ether oxygens (including phenoxy) is 1. The molecule has 3 rings (SSSR count). The number of aliphatic carboxylic acids is 1. The van der Waals surface area contributed by atoms with Crippen molar-refractivity contribution >= 4 is 18.0 Å². The minimum absolute atomic E-state index is 0.0829. The number of amides is 2. The zero-order valence-corrected chi connectivity index (χ0v) is 16.6. The summed E-state index contributed by atoms with van der Waals surface area (Å²) in [5.41, 5.74) is 6.48. The molecule has 1 aliphatic rings. The molecule has 8 heteroatoms. The van der Waals surface area contributed by atoms with E-state index in [2.05, 4.69) is 10.2 Å². The Morgan fingerprint density at radius 2 is 1.63 bits per heavy atom. The van der Waals surface area contributed by atoms with Crippen LogP contribution in [0.25, 0.3) is 11.1 Å². The van der Waals surface area contributed by atoms with Crippen molar-refractivity contribution in [2.75, 3.05) is 13.2 Å². The Kier molecular flexibility index (Phi) is 7.03. The second-order valence-electron chi connectivity index (χ2n) is 6.96. The molecule has 0 heterocycles. The van der Waals surface area contributed by atoms with Gasteiger partial charge in [0.05, 0.1) is 0 Å². The van der Waals surface area contributed by atoms with Crippen molar-refractivity contribution in [2.24, 2.45) is 0 Å². The van der Waals surface area contributed by atoms with Crippen LogP contribution in [0, 0.1) is 0 Å². The van der Waals surface area contributed by atoms with E-state index >= 15 is 0 Å². The first-order valence-electron chi connectivity index (χ1n) is 9.76. The Labute approximate surface area is 174 Å². The Morgan fingerprint density at radius 1 is 1.03 bits per heavy atom. The average molecular weight is 412 g/mol. The van der Waals surface area contributed by atoms with Gasteiger partial charge in [0, 0.05) is 5.92 Å². The van der Waals surface area contributed by atoms with E-state index in [1.807, 2.05) is 60.9 Å². The van der Waals surface area contributed by atoms with Crippen LogP contribution in [-0.4, -0.2) is 42.3 Å². The highest BCUT2D eigenvalue weighted by molar-refractivity contribution is 5.85. The monoisotopic (exact) mass is 412 g/mol. The molecule has 1 aliphatic carbocycles. The van der Waals surface area contributed by atoms with Crippen LogP contribution >= 0.6 is 0 Å². The molecule has 0 saturated heterocycles. The summed E-state index contributed by atoms with van der Waals surface area (Å²) >= 11 is 0. The topological polar surface area (TPSA) is 114 Å². The van der Waals surface area contributed by atoms with Crippen molar-refractivity contribution in [3.05, 3.63) is 59.7 Å². The number of alkyl carbamates (subject to hydrolysis) is 1. The van der Waals surface area contributed by atoms with E-state index in [1.165, 1.54) is 0 Å². The third-order valence-electron chi connectivity index (χ3n) is 4.90. The van der Waals surface area contributed by atoms with E-state index in [0.717, 1.165) is 22.3 Å². The lowest BCUT2D eigenvalue weighted by Gasteiger charge is -2.19. The van der Waals surface area contributed by atoms with Crippen LogP contribution < -0.4 is 10.8 Å². The summed E-state index contributed by atoms with van der Waals surface area (Å²) in [5, 5.41) is 11.1. The minimum Gasteiger partial charge on any atom is -0.479 e. The minimum atomic E-state index is -1.22. The van der Waals surface area contributed by atoms with Gasteiger partial charge in [-0.25, -0.2) is 15.1 Å². The van der Waals surface area contributed by atoms with Crippen LogP contribution in [0.15, 0.2) is 48.5 Å². The number of benzene rings is 2. The van der Waals surface area contributed by atoms with Gasteiger partial charge in [0.2, 0.25) is 0 Å². The SMILES string of the molecule is CCCC(NC(=O)OCC1c2ccccc2-c2ccccc21)C(=O)NOCC(=O)O. The lowest BCUT2D eigenvalue weighted by Crippen LogP contribution is -2.47. The lowest BCUT2D eigenvalue weighted by molar-refractivity contribution is -0.150. The molecule has 0 aromatic heterocycles. The van der Waals surface area contributed by atoms with Gasteiger partial charge in [0.25, 0.3) is 5.91 Å². The largest absolute Gasteiger partial charge is 0.479 e. The highest BCUT2D eigenvalue weighted by Gasteiger charge is 2.29. The number of carbonyl (C=O) groups is 3. The highest BCUT2D eigenvalue weighted by atomic mass is 16.7. The molecule has 158 valence electrons. The van der Waals surface area contributed by atoms with E-state index in [-0.39, 0.29) is 12.5 Å². The zero-order chi connectivity index (χ0) is 21.5. The zero-order valence-electron chi connectivity index (χ0n) is 16.6. The number of hydroxylamine groups is 1. The Balaban J connectivity index is 1.60. The van der Waals surface area contributed by atoms with Gasteiger partial charge in [0.1, 0.15) is 12.6 Å². The Morgan fingerprint density at radius 3 is 2.20 bits per heavy atom. The van der Waals surface area contributed by atoms with Gasteiger partial charge in [-0.05, 0) is 28.7 Å². The van der Waals surface area contributed by atoms with Crippen LogP contribution in [0.2, 0.25) is 0 Å². The molecular formula is C22H24N2O6. The molecule has 3 N–H and O–H groups in total. The molecule has 2 aromatic carbocycles. The third-order valence-corrected chi connectivity index (χ3v) is 4.90. The highest BCUT2D eigenvalue weighted by Crippen LogP contribution is 2.44. The molecule has 0 fully saturated rings. The van der Waals surface area contributed by atoms with Crippen LogP contribution in [0.5, 0.6) is 0 Å². The van der Waals surface area contributed by atoms with Gasteiger partial charge < -0.3 is 15.2 Å². The maximum Gasteiger partial charge on any atom is 0.407 e. The summed E-state index contributed by atoms with van der Waals surface area (Å²) in [6, 6.07) is 15.1. The number of carboxylic acids is 1. The number of hydrogen-bond donors (Lipinski definition) is 3. The van der Waals surface area contributed by atoms with Crippen molar-refractivity contribution in [1.82, 2.24) is 10.8 Å². The van der Waals surface area contributed by atoms with E-state index in [1.54, 1.807) is 0 Å². The van der Waals surface area contributed by atoms with Crippen LogP contribution in [0.3, 0.4) is 0 Å². The van der Waals surface area contributed by atoms with Gasteiger partial charge >= 0.3 is 12.1 Å². The molecule has 2 amide bonds. The summed E-state index contributed by atoms with van der Waals surface area (Å²) in [7, 11) is 0. The van der Waals surface area contributed by atoms with Gasteiger partial charge in [-0.2, -0.15) is 0 Å². The van der Waals surface area contributed by atoms with Crippen molar-refractivity contribution in [3.8, 4) is 11.1 Å². The van der Waals surface area contributed by atoms with Gasteiger partial charge in [-0.15, -0.1) is 0 Å². The Bertz CT molecular complexity index is 884. The van der Waals surface area contributed by atoms with Gasteiger partial charge in [-0.1, -0.05) is 61.9 Å². The van der Waals surface area contributed by atoms with Crippen molar-refractivity contribution < 1.29 is 29.1 Å². The standard InChI is InChI=1S/C22H24N2O6/c1-2-7-19(21(27)24-30-13-20(25)26)23-22(28)29-12-18-16-10-5-3-8-14(16)15-9-4-6-11-17(15)18/h3-6,8-11,18-19H,2,7,12-13H2,1H3,(H,23,28)(H,24,27)(H,25,26). The number of fused-ring (bicyclic) bond motifs is 3. The van der Waals surface area contributed by atoms with Crippen molar-refractivity contribution in [3.63, 3.8) is 0 Å². The molecular weight excluding hydrogens is 388 g/mol. The molecule has 0 spiro atoms. The van der Waals surface area contributed by atoms with Crippen molar-refractivity contribution in [2.45, 2.75) is 31.7 Å². The number of carbonyl (C=O) groups excluding carboxylic acids is 2. The normalized spacial score (nSPS) is 13.1. The number of hydrogen-bond acceptors (Lipinski definition) is 5. The summed E-state index contributed by atoms with van der Waals surface area (Å²) < 4.78 is 5.44. The van der Waals surface area contributed by atoms with Gasteiger partial charge in [-0.3, -0.25) is 9.63 Å². The molecule has 2 aromatic rings. The smallest absolute Gasteiger partial charge is 0.407 e. The third kappa shape index (κ3) is 4.96. The summed E-state index contributed by atoms with van der Waals surface area (Å²) in [4.78, 5) is 39.6.